The average Bonchev–Trinajstić information content (AvgIpc) is 3.04. The maximum Gasteiger partial charge on any atom is 0.228 e. The van der Waals surface area contributed by atoms with Gasteiger partial charge in [-0.1, -0.05) is 0 Å². The van der Waals surface area contributed by atoms with Crippen LogP contribution in [0.5, 0.6) is 0 Å². The van der Waals surface area contributed by atoms with Crippen molar-refractivity contribution in [2.45, 2.75) is 19.4 Å². The second-order valence-corrected chi connectivity index (χ2v) is 6.83. The molecule has 0 N–H and O–H groups in total. The van der Waals surface area contributed by atoms with Gasteiger partial charge in [-0.15, -0.1) is 11.3 Å². The van der Waals surface area contributed by atoms with Crippen molar-refractivity contribution < 1.29 is 9.59 Å². The fourth-order valence-corrected chi connectivity index (χ4v) is 3.73. The Kier molecular flexibility index (Phi) is 4.73. The highest BCUT2D eigenvalue weighted by Gasteiger charge is 2.35. The molecule has 6 nitrogen and oxygen atoms in total. The zero-order valence-electron chi connectivity index (χ0n) is 12.9. The lowest BCUT2D eigenvalue weighted by atomic mass is 10.1. The van der Waals surface area contributed by atoms with E-state index < -0.39 is 0 Å². The normalized spacial score (nSPS) is 23.9. The van der Waals surface area contributed by atoms with Crippen LogP contribution in [0.3, 0.4) is 0 Å². The third-order valence-corrected chi connectivity index (χ3v) is 5.09. The Morgan fingerprint density at radius 1 is 1.36 bits per heavy atom. The lowest BCUT2D eigenvalue weighted by Crippen LogP contribution is -2.39. The van der Waals surface area contributed by atoms with Crippen molar-refractivity contribution in [2.75, 3.05) is 39.8 Å². The largest absolute Gasteiger partial charge is 0.345 e. The van der Waals surface area contributed by atoms with Crippen molar-refractivity contribution >= 4 is 23.2 Å². The van der Waals surface area contributed by atoms with E-state index in [2.05, 4.69) is 15.3 Å². The van der Waals surface area contributed by atoms with Crippen LogP contribution in [0, 0.1) is 5.92 Å². The molecule has 22 heavy (non-hydrogen) atoms. The van der Waals surface area contributed by atoms with Gasteiger partial charge in [-0.3, -0.25) is 14.5 Å². The fraction of sp³-hybridized carbons (Fsp3) is 0.667. The summed E-state index contributed by atoms with van der Waals surface area (Å²) in [6.45, 7) is 4.83. The topological polar surface area (TPSA) is 56.8 Å². The van der Waals surface area contributed by atoms with Gasteiger partial charge in [-0.05, 0) is 6.42 Å². The van der Waals surface area contributed by atoms with E-state index >= 15 is 0 Å². The molecule has 0 spiro atoms. The van der Waals surface area contributed by atoms with E-state index in [0.29, 0.717) is 13.0 Å². The van der Waals surface area contributed by atoms with Crippen molar-refractivity contribution in [2.24, 2.45) is 5.92 Å². The summed E-state index contributed by atoms with van der Waals surface area (Å²) in [5.41, 5.74) is 2.96. The highest BCUT2D eigenvalue weighted by atomic mass is 32.1. The number of nitrogens with zero attached hydrogens (tertiary/aromatic N) is 4. The lowest BCUT2D eigenvalue weighted by Gasteiger charge is -2.24. The van der Waals surface area contributed by atoms with Gasteiger partial charge in [0.2, 0.25) is 11.8 Å². The molecule has 0 saturated carbocycles. The van der Waals surface area contributed by atoms with Gasteiger partial charge in [-0.2, -0.15) is 0 Å². The first-order valence-corrected chi connectivity index (χ1v) is 8.70. The van der Waals surface area contributed by atoms with Crippen molar-refractivity contribution in [1.82, 2.24) is 19.7 Å². The van der Waals surface area contributed by atoms with Gasteiger partial charge in [0, 0.05) is 58.1 Å². The third kappa shape index (κ3) is 3.47. The van der Waals surface area contributed by atoms with Crippen LogP contribution >= 0.6 is 11.3 Å². The molecular weight excluding hydrogens is 300 g/mol. The first-order valence-electron chi connectivity index (χ1n) is 7.75. The predicted octanol–water partition coefficient (Wildman–Crippen LogP) is 0.656. The zero-order chi connectivity index (χ0) is 15.5. The molecular formula is C15H22N4O2S. The summed E-state index contributed by atoms with van der Waals surface area (Å²) in [7, 11) is 1.77. The summed E-state index contributed by atoms with van der Waals surface area (Å²) in [4.78, 5) is 34.5. The Bertz CT molecular complexity index is 534. The molecule has 1 unspecified atom stereocenters. The monoisotopic (exact) mass is 322 g/mol. The van der Waals surface area contributed by atoms with Gasteiger partial charge in [0.25, 0.3) is 0 Å². The zero-order valence-corrected chi connectivity index (χ0v) is 13.7. The molecule has 0 aliphatic carbocycles. The molecule has 2 fully saturated rings. The van der Waals surface area contributed by atoms with E-state index in [1.54, 1.807) is 23.3 Å². The Labute approximate surface area is 134 Å². The molecule has 1 atom stereocenters. The van der Waals surface area contributed by atoms with E-state index in [1.165, 1.54) is 0 Å². The molecule has 0 radical (unpaired) electrons. The Hall–Kier alpha value is -1.47. The first kappa shape index (κ1) is 15.4. The summed E-state index contributed by atoms with van der Waals surface area (Å²) in [6.07, 6.45) is 1.35. The van der Waals surface area contributed by atoms with Crippen LogP contribution < -0.4 is 0 Å². The minimum absolute atomic E-state index is 0.0818. The van der Waals surface area contributed by atoms with Gasteiger partial charge < -0.3 is 9.80 Å². The molecule has 2 aliphatic rings. The molecule has 120 valence electrons. The number of aromatic nitrogens is 1. The van der Waals surface area contributed by atoms with Gasteiger partial charge in [0.05, 0.1) is 17.1 Å². The number of amides is 2. The van der Waals surface area contributed by atoms with Crippen molar-refractivity contribution in [3.63, 3.8) is 0 Å². The number of carbonyl (C=O) groups is 2. The van der Waals surface area contributed by atoms with E-state index in [9.17, 15) is 9.59 Å². The highest BCUT2D eigenvalue weighted by Crippen LogP contribution is 2.20. The maximum absolute atomic E-state index is 12.6. The number of rotatable bonds is 3. The first-order chi connectivity index (χ1) is 10.6. The van der Waals surface area contributed by atoms with E-state index in [-0.39, 0.29) is 17.7 Å². The Morgan fingerprint density at radius 3 is 2.91 bits per heavy atom. The summed E-state index contributed by atoms with van der Waals surface area (Å²) in [5, 5.41) is 2.08. The van der Waals surface area contributed by atoms with E-state index in [4.69, 9.17) is 0 Å². The van der Waals surface area contributed by atoms with Crippen LogP contribution in [0.15, 0.2) is 10.9 Å². The molecule has 3 heterocycles. The van der Waals surface area contributed by atoms with Crippen molar-refractivity contribution in [1.29, 1.82) is 0 Å². The Morgan fingerprint density at radius 2 is 2.23 bits per heavy atom. The van der Waals surface area contributed by atoms with E-state index in [0.717, 1.165) is 44.8 Å². The van der Waals surface area contributed by atoms with Crippen LogP contribution in [0.2, 0.25) is 0 Å². The molecule has 7 heteroatoms. The number of likely N-dealkylation sites (tertiary alicyclic amines) is 1. The van der Waals surface area contributed by atoms with Crippen LogP contribution in [0.4, 0.5) is 0 Å². The van der Waals surface area contributed by atoms with Crippen LogP contribution in [-0.4, -0.2) is 71.3 Å². The molecule has 2 saturated heterocycles. The minimum atomic E-state index is -0.150. The molecule has 2 amide bonds. The second kappa shape index (κ2) is 6.75. The highest BCUT2D eigenvalue weighted by molar-refractivity contribution is 7.07. The van der Waals surface area contributed by atoms with Crippen molar-refractivity contribution in [3.05, 3.63) is 16.6 Å². The number of hydrogen-bond acceptors (Lipinski definition) is 5. The molecule has 2 aliphatic heterocycles. The fourth-order valence-electron chi connectivity index (χ4n) is 3.18. The standard InChI is InChI=1S/C15H22N4O2S/c1-17-8-12(7-14(17)20)15(21)19-4-2-3-18(5-6-19)9-13-10-22-11-16-13/h10-12H,2-9H2,1H3. The van der Waals surface area contributed by atoms with Gasteiger partial charge in [0.1, 0.15) is 0 Å². The SMILES string of the molecule is CN1CC(C(=O)N2CCCN(Cc3cscn3)CC2)CC1=O. The molecule has 1 aromatic heterocycles. The Balaban J connectivity index is 1.54. The quantitative estimate of drug-likeness (QED) is 0.820. The van der Waals surface area contributed by atoms with Crippen LogP contribution in [0.25, 0.3) is 0 Å². The summed E-state index contributed by atoms with van der Waals surface area (Å²) in [6, 6.07) is 0. The van der Waals surface area contributed by atoms with Crippen molar-refractivity contribution in [3.8, 4) is 0 Å². The summed E-state index contributed by atoms with van der Waals surface area (Å²) in [5.74, 6) is 0.0779. The molecule has 0 bridgehead atoms. The van der Waals surface area contributed by atoms with Crippen LogP contribution in [0.1, 0.15) is 18.5 Å². The second-order valence-electron chi connectivity index (χ2n) is 6.11. The average molecular weight is 322 g/mol. The van der Waals surface area contributed by atoms with Crippen LogP contribution in [-0.2, 0) is 16.1 Å². The smallest absolute Gasteiger partial charge is 0.228 e. The molecule has 0 aromatic carbocycles. The van der Waals surface area contributed by atoms with E-state index in [1.807, 2.05) is 10.4 Å². The molecule has 3 rings (SSSR count). The van der Waals surface area contributed by atoms with Gasteiger partial charge in [-0.25, -0.2) is 4.98 Å². The van der Waals surface area contributed by atoms with Gasteiger partial charge >= 0.3 is 0 Å². The lowest BCUT2D eigenvalue weighted by molar-refractivity contribution is -0.135. The number of hydrogen-bond donors (Lipinski definition) is 0. The summed E-state index contributed by atoms with van der Waals surface area (Å²) >= 11 is 1.62. The predicted molar refractivity (Wildman–Crippen MR) is 84.3 cm³/mol. The molecule has 1 aromatic rings. The maximum atomic E-state index is 12.6. The number of thiazole rings is 1. The summed E-state index contributed by atoms with van der Waals surface area (Å²) < 4.78 is 0. The third-order valence-electron chi connectivity index (χ3n) is 4.46. The minimum Gasteiger partial charge on any atom is -0.345 e. The number of carbonyl (C=O) groups excluding carboxylic acids is 2. The van der Waals surface area contributed by atoms with Gasteiger partial charge in [0.15, 0.2) is 0 Å².